The summed E-state index contributed by atoms with van der Waals surface area (Å²) in [7, 11) is 1.67. The lowest BCUT2D eigenvalue weighted by Crippen LogP contribution is -2.34. The van der Waals surface area contributed by atoms with Crippen LogP contribution < -0.4 is 4.74 Å². The number of aryl methyl sites for hydroxylation is 1. The fourth-order valence-corrected chi connectivity index (χ4v) is 3.99. The van der Waals surface area contributed by atoms with Crippen LogP contribution in [0.15, 0.2) is 18.2 Å². The highest BCUT2D eigenvalue weighted by atomic mass is 32.2. The van der Waals surface area contributed by atoms with Gasteiger partial charge in [-0.15, -0.1) is 0 Å². The number of thioether (sulfide) groups is 1. The summed E-state index contributed by atoms with van der Waals surface area (Å²) in [5, 5.41) is -0.0935. The normalized spacial score (nSPS) is 18.7. The molecule has 1 saturated heterocycles. The average Bonchev–Trinajstić information content (AvgIpc) is 2.66. The van der Waals surface area contributed by atoms with Crippen molar-refractivity contribution in [3.05, 3.63) is 29.3 Å². The molecule has 3 nitrogen and oxygen atoms in total. The van der Waals surface area contributed by atoms with Crippen LogP contribution in [-0.2, 0) is 11.2 Å². The van der Waals surface area contributed by atoms with Gasteiger partial charge in [0.15, 0.2) is 0 Å². The number of ether oxygens (including phenoxy) is 1. The van der Waals surface area contributed by atoms with Crippen molar-refractivity contribution in [2.24, 2.45) is 5.92 Å². The monoisotopic (exact) mass is 323 g/mol. The molecule has 1 aliphatic rings. The first-order chi connectivity index (χ1) is 9.92. The second kappa shape index (κ2) is 6.79. The Morgan fingerprint density at radius 3 is 2.71 bits per heavy atom. The van der Waals surface area contributed by atoms with E-state index in [-0.39, 0.29) is 11.2 Å². The van der Waals surface area contributed by atoms with Gasteiger partial charge in [0.25, 0.3) is 0 Å². The van der Waals surface area contributed by atoms with E-state index in [0.717, 1.165) is 16.9 Å². The van der Waals surface area contributed by atoms with Crippen molar-refractivity contribution >= 4 is 34.2 Å². The molecule has 0 radical (unpaired) electrons. The fourth-order valence-electron chi connectivity index (χ4n) is 2.44. The number of rotatable bonds is 5. The van der Waals surface area contributed by atoms with Crippen LogP contribution in [0.1, 0.15) is 25.0 Å². The molecule has 1 atom stereocenters. The number of hydrogen-bond acceptors (Lipinski definition) is 4. The smallest absolute Gasteiger partial charge is 0.241 e. The molecule has 1 heterocycles. The van der Waals surface area contributed by atoms with Gasteiger partial charge in [-0.25, -0.2) is 0 Å². The molecule has 0 aromatic heterocycles. The SMILES string of the molecule is COc1ccc(C[C@H]2SC(=S)N(CC(C)C)C2=O)cc1C. The van der Waals surface area contributed by atoms with Gasteiger partial charge in [0.05, 0.1) is 12.4 Å². The molecule has 0 N–H and O–H groups in total. The molecule has 1 aromatic rings. The minimum absolute atomic E-state index is 0.0935. The Kier molecular flexibility index (Phi) is 5.27. The van der Waals surface area contributed by atoms with Crippen LogP contribution in [-0.4, -0.2) is 34.0 Å². The quantitative estimate of drug-likeness (QED) is 0.777. The first-order valence-corrected chi connectivity index (χ1v) is 8.36. The summed E-state index contributed by atoms with van der Waals surface area (Å²) in [6.45, 7) is 6.92. The summed E-state index contributed by atoms with van der Waals surface area (Å²) in [4.78, 5) is 14.2. The van der Waals surface area contributed by atoms with Crippen LogP contribution in [0.4, 0.5) is 0 Å². The average molecular weight is 323 g/mol. The highest BCUT2D eigenvalue weighted by Gasteiger charge is 2.36. The van der Waals surface area contributed by atoms with E-state index in [2.05, 4.69) is 19.9 Å². The van der Waals surface area contributed by atoms with Crippen LogP contribution in [0, 0.1) is 12.8 Å². The summed E-state index contributed by atoms with van der Waals surface area (Å²) < 4.78 is 5.98. The molecule has 5 heteroatoms. The molecule has 0 unspecified atom stereocenters. The van der Waals surface area contributed by atoms with Crippen molar-refractivity contribution in [1.82, 2.24) is 4.90 Å². The van der Waals surface area contributed by atoms with E-state index in [9.17, 15) is 4.79 Å². The lowest BCUT2D eigenvalue weighted by molar-refractivity contribution is -0.126. The van der Waals surface area contributed by atoms with Gasteiger partial charge in [-0.2, -0.15) is 0 Å². The fraction of sp³-hybridized carbons (Fsp3) is 0.500. The highest BCUT2D eigenvalue weighted by molar-refractivity contribution is 8.24. The summed E-state index contributed by atoms with van der Waals surface area (Å²) in [5.41, 5.74) is 2.24. The van der Waals surface area contributed by atoms with Crippen molar-refractivity contribution in [2.75, 3.05) is 13.7 Å². The minimum Gasteiger partial charge on any atom is -0.496 e. The summed E-state index contributed by atoms with van der Waals surface area (Å²) in [6.07, 6.45) is 0.711. The van der Waals surface area contributed by atoms with E-state index >= 15 is 0 Å². The van der Waals surface area contributed by atoms with Crippen LogP contribution >= 0.6 is 24.0 Å². The summed E-state index contributed by atoms with van der Waals surface area (Å²) in [5.74, 6) is 1.45. The predicted molar refractivity (Wildman–Crippen MR) is 92.0 cm³/mol. The number of thiocarbonyl (C=S) groups is 1. The number of nitrogens with zero attached hydrogens (tertiary/aromatic N) is 1. The molecule has 0 spiro atoms. The van der Waals surface area contributed by atoms with Gasteiger partial charge in [0.2, 0.25) is 5.91 Å². The molecule has 0 saturated carbocycles. The third kappa shape index (κ3) is 3.77. The number of carbonyl (C=O) groups is 1. The standard InChI is InChI=1S/C16H21NO2S2/c1-10(2)9-17-15(18)14(21-16(17)20)8-12-5-6-13(19-4)11(3)7-12/h5-7,10,14H,8-9H2,1-4H3/t14-/m1/s1. The van der Waals surface area contributed by atoms with Crippen LogP contribution in [0.3, 0.4) is 0 Å². The Morgan fingerprint density at radius 1 is 1.43 bits per heavy atom. The maximum absolute atomic E-state index is 12.5. The van der Waals surface area contributed by atoms with Gasteiger partial charge in [0.1, 0.15) is 10.1 Å². The Hall–Kier alpha value is -1.07. The van der Waals surface area contributed by atoms with Gasteiger partial charge >= 0.3 is 0 Å². The van der Waals surface area contributed by atoms with E-state index in [1.807, 2.05) is 19.1 Å². The second-order valence-electron chi connectivity index (χ2n) is 5.72. The van der Waals surface area contributed by atoms with E-state index in [0.29, 0.717) is 23.2 Å². The number of amides is 1. The molecule has 114 valence electrons. The van der Waals surface area contributed by atoms with Gasteiger partial charge in [-0.05, 0) is 36.5 Å². The highest BCUT2D eigenvalue weighted by Crippen LogP contribution is 2.31. The first-order valence-electron chi connectivity index (χ1n) is 7.08. The van der Waals surface area contributed by atoms with E-state index < -0.39 is 0 Å². The molecular weight excluding hydrogens is 302 g/mol. The maximum atomic E-state index is 12.5. The van der Waals surface area contributed by atoms with Crippen LogP contribution in [0.25, 0.3) is 0 Å². The first kappa shape index (κ1) is 16.3. The molecule has 1 amide bonds. The lowest BCUT2D eigenvalue weighted by atomic mass is 10.1. The van der Waals surface area contributed by atoms with Crippen LogP contribution in [0.5, 0.6) is 5.75 Å². The molecule has 1 aliphatic heterocycles. The molecule has 1 aromatic carbocycles. The molecule has 0 bridgehead atoms. The Labute approximate surface area is 136 Å². The zero-order valence-corrected chi connectivity index (χ0v) is 14.5. The van der Waals surface area contributed by atoms with E-state index in [1.54, 1.807) is 12.0 Å². The molecule has 21 heavy (non-hydrogen) atoms. The molecular formula is C16H21NO2S2. The van der Waals surface area contributed by atoms with Crippen molar-refractivity contribution in [1.29, 1.82) is 0 Å². The zero-order valence-electron chi connectivity index (χ0n) is 12.9. The minimum atomic E-state index is -0.0935. The Morgan fingerprint density at radius 2 is 2.14 bits per heavy atom. The van der Waals surface area contributed by atoms with Crippen molar-refractivity contribution in [3.8, 4) is 5.75 Å². The van der Waals surface area contributed by atoms with Crippen molar-refractivity contribution in [3.63, 3.8) is 0 Å². The number of carbonyl (C=O) groups excluding carboxylic acids is 1. The van der Waals surface area contributed by atoms with Gasteiger partial charge in [-0.3, -0.25) is 9.69 Å². The molecule has 0 aliphatic carbocycles. The maximum Gasteiger partial charge on any atom is 0.241 e. The summed E-state index contributed by atoms with van der Waals surface area (Å²) >= 11 is 6.85. The largest absolute Gasteiger partial charge is 0.496 e. The molecule has 1 fully saturated rings. The molecule has 2 rings (SSSR count). The van der Waals surface area contributed by atoms with Gasteiger partial charge < -0.3 is 4.74 Å². The summed E-state index contributed by atoms with van der Waals surface area (Å²) in [6, 6.07) is 6.06. The number of hydrogen-bond donors (Lipinski definition) is 0. The van der Waals surface area contributed by atoms with Gasteiger partial charge in [0, 0.05) is 6.54 Å². The third-order valence-electron chi connectivity index (χ3n) is 3.43. The zero-order chi connectivity index (χ0) is 15.6. The van der Waals surface area contributed by atoms with E-state index in [4.69, 9.17) is 17.0 Å². The van der Waals surface area contributed by atoms with Crippen LogP contribution in [0.2, 0.25) is 0 Å². The Bertz CT molecular complexity index is 557. The van der Waals surface area contributed by atoms with Crippen molar-refractivity contribution in [2.45, 2.75) is 32.4 Å². The second-order valence-corrected chi connectivity index (χ2v) is 7.56. The van der Waals surface area contributed by atoms with Gasteiger partial charge in [-0.1, -0.05) is 50.0 Å². The topological polar surface area (TPSA) is 29.5 Å². The number of methoxy groups -OCH3 is 1. The third-order valence-corrected chi connectivity index (χ3v) is 5.02. The number of benzene rings is 1. The lowest BCUT2D eigenvalue weighted by Gasteiger charge is -2.17. The van der Waals surface area contributed by atoms with Crippen molar-refractivity contribution < 1.29 is 9.53 Å². The predicted octanol–water partition coefficient (Wildman–Crippen LogP) is 3.43. The Balaban J connectivity index is 2.08. The van der Waals surface area contributed by atoms with E-state index in [1.165, 1.54) is 11.8 Å².